The average molecular weight is 437 g/mol. The van der Waals surface area contributed by atoms with Crippen molar-refractivity contribution in [2.75, 3.05) is 38.3 Å². The zero-order valence-corrected chi connectivity index (χ0v) is 18.6. The first kappa shape index (κ1) is 19.9. The van der Waals surface area contributed by atoms with Crippen LogP contribution in [0.3, 0.4) is 0 Å². The second-order valence-corrected chi connectivity index (χ2v) is 8.92. The van der Waals surface area contributed by atoms with Crippen molar-refractivity contribution in [3.8, 4) is 11.4 Å². The van der Waals surface area contributed by atoms with E-state index in [9.17, 15) is 4.79 Å². The lowest BCUT2D eigenvalue weighted by atomic mass is 10.1. The van der Waals surface area contributed by atoms with Crippen LogP contribution in [0, 0.1) is 6.92 Å². The molecule has 1 fully saturated rings. The van der Waals surface area contributed by atoms with Crippen molar-refractivity contribution >= 4 is 44.2 Å². The predicted molar refractivity (Wildman–Crippen MR) is 122 cm³/mol. The third kappa shape index (κ3) is 3.53. The van der Waals surface area contributed by atoms with E-state index in [2.05, 4.69) is 22.0 Å². The fraction of sp³-hybridized carbons (Fsp3) is 0.364. The van der Waals surface area contributed by atoms with Crippen molar-refractivity contribution in [1.29, 1.82) is 0 Å². The van der Waals surface area contributed by atoms with Crippen molar-refractivity contribution in [1.82, 2.24) is 25.1 Å². The molecule has 1 aliphatic rings. The lowest BCUT2D eigenvalue weighted by Crippen LogP contribution is -2.36. The number of anilines is 1. The predicted octanol–water partition coefficient (Wildman–Crippen LogP) is 3.36. The van der Waals surface area contributed by atoms with Crippen LogP contribution in [0.2, 0.25) is 0 Å². The average Bonchev–Trinajstić information content (AvgIpc) is 3.38. The number of hydrogen-bond acceptors (Lipinski definition) is 7. The van der Waals surface area contributed by atoms with Crippen molar-refractivity contribution < 1.29 is 9.53 Å². The maximum Gasteiger partial charge on any atom is 0.219 e. The van der Waals surface area contributed by atoms with E-state index in [0.29, 0.717) is 25.6 Å². The number of thiophene rings is 1. The number of nitrogens with zero attached hydrogens (tertiary/aromatic N) is 5. The summed E-state index contributed by atoms with van der Waals surface area (Å²) in [6, 6.07) is 6.03. The van der Waals surface area contributed by atoms with Crippen molar-refractivity contribution in [2.45, 2.75) is 20.4 Å². The van der Waals surface area contributed by atoms with Crippen molar-refractivity contribution in [3.05, 3.63) is 34.8 Å². The Morgan fingerprint density at radius 2 is 2.10 bits per heavy atom. The summed E-state index contributed by atoms with van der Waals surface area (Å²) in [5, 5.41) is 8.21. The number of rotatable bonds is 4. The highest BCUT2D eigenvalue weighted by Gasteiger charge is 2.23. The molecule has 5 rings (SSSR count). The Bertz CT molecular complexity index is 1270. The molecule has 1 N–H and O–H groups in total. The van der Waals surface area contributed by atoms with E-state index in [1.54, 1.807) is 23.2 Å². The number of aromatic amines is 1. The molecule has 0 atom stereocenters. The fourth-order valence-corrected chi connectivity index (χ4v) is 5.19. The number of nitrogens with one attached hydrogen (secondary N) is 1. The SMILES string of the molecule is CC(=O)N(C)Cc1sc2c(N3CCOCC3)nc(-c3cccc4[nH]ncc34)nc2c1C. The second kappa shape index (κ2) is 7.90. The molecule has 1 aromatic carbocycles. The third-order valence-corrected chi connectivity index (χ3v) is 7.06. The number of amides is 1. The summed E-state index contributed by atoms with van der Waals surface area (Å²) in [6.45, 7) is 7.19. The molecule has 1 aliphatic heterocycles. The van der Waals surface area contributed by atoms with Crippen molar-refractivity contribution in [2.24, 2.45) is 0 Å². The Labute approximate surface area is 183 Å². The van der Waals surface area contributed by atoms with Gasteiger partial charge >= 0.3 is 0 Å². The van der Waals surface area contributed by atoms with Crippen molar-refractivity contribution in [3.63, 3.8) is 0 Å². The Morgan fingerprint density at radius 3 is 2.87 bits per heavy atom. The first-order valence-corrected chi connectivity index (χ1v) is 11.1. The van der Waals surface area contributed by atoms with Gasteiger partial charge in [0.1, 0.15) is 0 Å². The van der Waals surface area contributed by atoms with Crippen LogP contribution >= 0.6 is 11.3 Å². The monoisotopic (exact) mass is 436 g/mol. The van der Waals surface area contributed by atoms with E-state index in [0.717, 1.165) is 56.0 Å². The molecular weight excluding hydrogens is 412 g/mol. The highest BCUT2D eigenvalue weighted by molar-refractivity contribution is 7.19. The van der Waals surface area contributed by atoms with Gasteiger partial charge in [0, 0.05) is 42.9 Å². The maximum absolute atomic E-state index is 11.8. The molecule has 0 unspecified atom stereocenters. The van der Waals surface area contributed by atoms with Gasteiger partial charge in [0.25, 0.3) is 0 Å². The summed E-state index contributed by atoms with van der Waals surface area (Å²) in [5.74, 6) is 1.67. The minimum Gasteiger partial charge on any atom is -0.378 e. The van der Waals surface area contributed by atoms with Gasteiger partial charge in [0.15, 0.2) is 11.6 Å². The number of aryl methyl sites for hydroxylation is 1. The van der Waals surface area contributed by atoms with Crippen LogP contribution in [0.25, 0.3) is 32.5 Å². The van der Waals surface area contributed by atoms with Gasteiger partial charge in [0.05, 0.1) is 41.7 Å². The number of hydrogen-bond donors (Lipinski definition) is 1. The van der Waals surface area contributed by atoms with Gasteiger partial charge in [-0.05, 0) is 18.6 Å². The van der Waals surface area contributed by atoms with E-state index >= 15 is 0 Å². The zero-order valence-electron chi connectivity index (χ0n) is 17.8. The van der Waals surface area contributed by atoms with Gasteiger partial charge in [-0.1, -0.05) is 12.1 Å². The van der Waals surface area contributed by atoms with Gasteiger partial charge in [-0.25, -0.2) is 9.97 Å². The quantitative estimate of drug-likeness (QED) is 0.528. The summed E-state index contributed by atoms with van der Waals surface area (Å²) in [6.07, 6.45) is 1.82. The third-order valence-electron chi connectivity index (χ3n) is 5.80. The number of carbonyl (C=O) groups excluding carboxylic acids is 1. The molecular formula is C22H24N6O2S. The van der Waals surface area contributed by atoms with Crippen LogP contribution in [0.1, 0.15) is 17.4 Å². The number of carbonyl (C=O) groups is 1. The van der Waals surface area contributed by atoms with Crippen LogP contribution < -0.4 is 4.90 Å². The molecule has 0 saturated carbocycles. The van der Waals surface area contributed by atoms with Crippen LogP contribution in [0.15, 0.2) is 24.4 Å². The molecule has 31 heavy (non-hydrogen) atoms. The van der Waals surface area contributed by atoms with Gasteiger partial charge in [0.2, 0.25) is 5.91 Å². The number of H-pyrrole nitrogens is 1. The van der Waals surface area contributed by atoms with Gasteiger partial charge < -0.3 is 14.5 Å². The first-order valence-electron chi connectivity index (χ1n) is 10.3. The van der Waals surface area contributed by atoms with E-state index in [1.165, 1.54) is 0 Å². The fourth-order valence-electron chi connectivity index (χ4n) is 3.87. The summed E-state index contributed by atoms with van der Waals surface area (Å²) in [4.78, 5) is 27.0. The molecule has 3 aromatic heterocycles. The lowest BCUT2D eigenvalue weighted by molar-refractivity contribution is -0.128. The summed E-state index contributed by atoms with van der Waals surface area (Å²) < 4.78 is 6.63. The minimum absolute atomic E-state index is 0.0451. The number of aromatic nitrogens is 4. The molecule has 160 valence electrons. The molecule has 9 heteroatoms. The van der Waals surface area contributed by atoms with Gasteiger partial charge in [-0.2, -0.15) is 5.10 Å². The molecule has 8 nitrogen and oxygen atoms in total. The first-order chi connectivity index (χ1) is 15.0. The maximum atomic E-state index is 11.8. The number of ether oxygens (including phenoxy) is 1. The standard InChI is InChI=1S/C22H24N6O2S/c1-13-18(12-27(3)14(2)29)31-20-19(13)24-21(25-22(20)28-7-9-30-10-8-28)15-5-4-6-17-16(15)11-23-26-17/h4-6,11H,7-10,12H2,1-3H3,(H,23,26). The molecule has 0 radical (unpaired) electrons. The van der Waals surface area contributed by atoms with E-state index in [4.69, 9.17) is 14.7 Å². The van der Waals surface area contributed by atoms with Crippen LogP contribution in [-0.2, 0) is 16.1 Å². The summed E-state index contributed by atoms with van der Waals surface area (Å²) >= 11 is 1.68. The molecule has 0 aliphatic carbocycles. The smallest absolute Gasteiger partial charge is 0.219 e. The highest BCUT2D eigenvalue weighted by Crippen LogP contribution is 2.38. The number of fused-ring (bicyclic) bond motifs is 2. The zero-order chi connectivity index (χ0) is 21.5. The normalized spacial score (nSPS) is 14.5. The van der Waals surface area contributed by atoms with E-state index in [-0.39, 0.29) is 5.91 Å². The highest BCUT2D eigenvalue weighted by atomic mass is 32.1. The topological polar surface area (TPSA) is 87.2 Å². The van der Waals surface area contributed by atoms with Crippen LogP contribution in [-0.4, -0.2) is 64.3 Å². The largest absolute Gasteiger partial charge is 0.378 e. The summed E-state index contributed by atoms with van der Waals surface area (Å²) in [7, 11) is 1.83. The second-order valence-electron chi connectivity index (χ2n) is 7.81. The lowest BCUT2D eigenvalue weighted by Gasteiger charge is -2.28. The molecule has 0 bridgehead atoms. The molecule has 4 aromatic rings. The minimum atomic E-state index is 0.0451. The molecule has 1 saturated heterocycles. The van der Waals surface area contributed by atoms with Gasteiger partial charge in [-0.3, -0.25) is 9.89 Å². The number of benzene rings is 1. The van der Waals surface area contributed by atoms with Crippen LogP contribution in [0.5, 0.6) is 0 Å². The number of morpholine rings is 1. The Kier molecular flexibility index (Phi) is 5.07. The van der Waals surface area contributed by atoms with E-state index in [1.807, 2.05) is 31.4 Å². The molecule has 0 spiro atoms. The Balaban J connectivity index is 1.71. The Hall–Kier alpha value is -3.04. The summed E-state index contributed by atoms with van der Waals surface area (Å²) in [5.41, 5.74) is 3.96. The molecule has 1 amide bonds. The van der Waals surface area contributed by atoms with Crippen LogP contribution in [0.4, 0.5) is 5.82 Å². The van der Waals surface area contributed by atoms with E-state index < -0.39 is 0 Å². The Morgan fingerprint density at radius 1 is 1.29 bits per heavy atom. The molecule has 4 heterocycles. The van der Waals surface area contributed by atoms with Gasteiger partial charge in [-0.15, -0.1) is 11.3 Å².